The quantitative estimate of drug-likeness (QED) is 0.648. The molecule has 4 N–H and O–H groups in total. The first-order chi connectivity index (χ1) is 9.88. The second-order valence-corrected chi connectivity index (χ2v) is 4.16. The Morgan fingerprint density at radius 3 is 2.43 bits per heavy atom. The molecule has 0 saturated carbocycles. The summed E-state index contributed by atoms with van der Waals surface area (Å²) in [5.74, 6) is -3.64. The van der Waals surface area contributed by atoms with Crippen molar-refractivity contribution in [3.8, 4) is 11.5 Å². The molecule has 0 aliphatic heterocycles. The summed E-state index contributed by atoms with van der Waals surface area (Å²) in [6.07, 6.45) is 0. The van der Waals surface area contributed by atoms with Gasteiger partial charge in [-0.2, -0.15) is 0 Å². The lowest BCUT2D eigenvalue weighted by atomic mass is 10.1. The fourth-order valence-corrected chi connectivity index (χ4v) is 1.65. The molecule has 2 aromatic rings. The topological polar surface area (TPSA) is 107 Å². The minimum Gasteiger partial charge on any atom is -0.508 e. The highest BCUT2D eigenvalue weighted by molar-refractivity contribution is 6.06. The molecule has 2 aromatic carbocycles. The zero-order chi connectivity index (χ0) is 15.6. The van der Waals surface area contributed by atoms with Gasteiger partial charge in [-0.15, -0.1) is 0 Å². The molecule has 21 heavy (non-hydrogen) atoms. The van der Waals surface area contributed by atoms with Crippen molar-refractivity contribution in [3.05, 3.63) is 53.3 Å². The number of carbonyl (C=O) groups is 2. The van der Waals surface area contributed by atoms with Crippen LogP contribution in [-0.4, -0.2) is 27.2 Å². The van der Waals surface area contributed by atoms with E-state index >= 15 is 0 Å². The highest BCUT2D eigenvalue weighted by atomic mass is 19.1. The number of carboxylic acids is 1. The van der Waals surface area contributed by atoms with E-state index in [9.17, 15) is 24.2 Å². The van der Waals surface area contributed by atoms with Crippen LogP contribution in [0.1, 0.15) is 20.7 Å². The van der Waals surface area contributed by atoms with E-state index in [4.69, 9.17) is 5.11 Å². The smallest absolute Gasteiger partial charge is 0.335 e. The second kappa shape index (κ2) is 5.49. The highest BCUT2D eigenvalue weighted by Gasteiger charge is 2.15. The van der Waals surface area contributed by atoms with Crippen LogP contribution in [0.25, 0.3) is 0 Å². The normalized spacial score (nSPS) is 10.1. The molecule has 0 unspecified atom stereocenters. The Morgan fingerprint density at radius 2 is 1.76 bits per heavy atom. The molecule has 0 fully saturated rings. The number of hydrogen-bond donors (Lipinski definition) is 4. The SMILES string of the molecule is O=C(O)c1ccc(F)c(NC(=O)c2cc(O)ccc2O)c1. The Morgan fingerprint density at radius 1 is 1.05 bits per heavy atom. The highest BCUT2D eigenvalue weighted by Crippen LogP contribution is 2.24. The molecular formula is C14H10FNO5. The van der Waals surface area contributed by atoms with Crippen molar-refractivity contribution in [1.82, 2.24) is 0 Å². The molecule has 0 aromatic heterocycles. The van der Waals surface area contributed by atoms with Gasteiger partial charge >= 0.3 is 5.97 Å². The minimum atomic E-state index is -1.27. The number of anilines is 1. The molecule has 6 nitrogen and oxygen atoms in total. The van der Waals surface area contributed by atoms with Gasteiger partial charge in [0.2, 0.25) is 0 Å². The lowest BCUT2D eigenvalue weighted by Gasteiger charge is -2.09. The van der Waals surface area contributed by atoms with E-state index in [1.54, 1.807) is 0 Å². The van der Waals surface area contributed by atoms with Gasteiger partial charge in [0.15, 0.2) is 0 Å². The van der Waals surface area contributed by atoms with Crippen molar-refractivity contribution in [2.24, 2.45) is 0 Å². The molecule has 0 bridgehead atoms. The Balaban J connectivity index is 2.33. The van der Waals surface area contributed by atoms with Crippen LogP contribution in [-0.2, 0) is 0 Å². The number of hydrogen-bond acceptors (Lipinski definition) is 4. The Bertz CT molecular complexity index is 729. The third kappa shape index (κ3) is 3.08. The standard InChI is InChI=1S/C14H10FNO5/c15-10-3-1-7(14(20)21)5-11(10)16-13(19)9-6-8(17)2-4-12(9)18/h1-6,17-18H,(H,16,19)(H,20,21). The van der Waals surface area contributed by atoms with Crippen LogP contribution in [0.5, 0.6) is 11.5 Å². The van der Waals surface area contributed by atoms with Crippen molar-refractivity contribution in [3.63, 3.8) is 0 Å². The van der Waals surface area contributed by atoms with Gasteiger partial charge in [-0.1, -0.05) is 0 Å². The number of halogens is 1. The number of amides is 1. The largest absolute Gasteiger partial charge is 0.508 e. The first kappa shape index (κ1) is 14.3. The van der Waals surface area contributed by atoms with Gasteiger partial charge in [0.1, 0.15) is 17.3 Å². The molecule has 0 aliphatic rings. The van der Waals surface area contributed by atoms with Gasteiger partial charge in [-0.3, -0.25) is 4.79 Å². The van der Waals surface area contributed by atoms with Crippen LogP contribution in [0.15, 0.2) is 36.4 Å². The minimum absolute atomic E-state index is 0.202. The van der Waals surface area contributed by atoms with E-state index in [0.717, 1.165) is 30.3 Å². The van der Waals surface area contributed by atoms with Gasteiger partial charge in [0.25, 0.3) is 5.91 Å². The number of phenolic OH excluding ortho intramolecular Hbond substituents is 2. The van der Waals surface area contributed by atoms with Crippen LogP contribution < -0.4 is 5.32 Å². The second-order valence-electron chi connectivity index (χ2n) is 4.16. The lowest BCUT2D eigenvalue weighted by Crippen LogP contribution is -2.14. The summed E-state index contributed by atoms with van der Waals surface area (Å²) in [7, 11) is 0. The number of aromatic carboxylic acids is 1. The number of carbonyl (C=O) groups excluding carboxylic acids is 1. The number of benzene rings is 2. The van der Waals surface area contributed by atoms with E-state index in [2.05, 4.69) is 5.32 Å². The van der Waals surface area contributed by atoms with Crippen LogP contribution >= 0.6 is 0 Å². The van der Waals surface area contributed by atoms with E-state index in [-0.39, 0.29) is 22.6 Å². The third-order valence-electron chi connectivity index (χ3n) is 2.69. The Kier molecular flexibility index (Phi) is 3.75. The summed E-state index contributed by atoms with van der Waals surface area (Å²) in [6.45, 7) is 0. The number of phenols is 2. The summed E-state index contributed by atoms with van der Waals surface area (Å²) in [4.78, 5) is 22.7. The number of rotatable bonds is 3. The summed E-state index contributed by atoms with van der Waals surface area (Å²) >= 11 is 0. The Hall–Kier alpha value is -3.09. The fraction of sp³-hybridized carbons (Fsp3) is 0. The lowest BCUT2D eigenvalue weighted by molar-refractivity contribution is 0.0696. The van der Waals surface area contributed by atoms with E-state index < -0.39 is 23.4 Å². The Labute approximate surface area is 118 Å². The summed E-state index contributed by atoms with van der Waals surface area (Å²) < 4.78 is 13.6. The maximum atomic E-state index is 13.6. The molecule has 0 atom stereocenters. The fourth-order valence-electron chi connectivity index (χ4n) is 1.65. The zero-order valence-electron chi connectivity index (χ0n) is 10.5. The zero-order valence-corrected chi connectivity index (χ0v) is 10.5. The number of aromatic hydroxyl groups is 2. The van der Waals surface area contributed by atoms with Gasteiger partial charge in [-0.05, 0) is 36.4 Å². The monoisotopic (exact) mass is 291 g/mol. The maximum absolute atomic E-state index is 13.6. The van der Waals surface area contributed by atoms with Crippen LogP contribution in [0, 0.1) is 5.82 Å². The summed E-state index contributed by atoms with van der Waals surface area (Å²) in [6, 6.07) is 6.20. The van der Waals surface area contributed by atoms with Gasteiger partial charge in [0.05, 0.1) is 16.8 Å². The molecule has 7 heteroatoms. The molecule has 2 rings (SSSR count). The predicted octanol–water partition coefficient (Wildman–Crippen LogP) is 2.19. The number of nitrogens with one attached hydrogen (secondary N) is 1. The number of carboxylic acid groups (broad SMARTS) is 1. The van der Waals surface area contributed by atoms with Crippen molar-refractivity contribution in [2.45, 2.75) is 0 Å². The maximum Gasteiger partial charge on any atom is 0.335 e. The molecule has 0 aliphatic carbocycles. The van der Waals surface area contributed by atoms with E-state index in [1.165, 1.54) is 6.07 Å². The van der Waals surface area contributed by atoms with Crippen molar-refractivity contribution < 1.29 is 29.3 Å². The molecule has 0 radical (unpaired) electrons. The van der Waals surface area contributed by atoms with Crippen LogP contribution in [0.4, 0.5) is 10.1 Å². The van der Waals surface area contributed by atoms with Crippen molar-refractivity contribution in [1.29, 1.82) is 0 Å². The first-order valence-corrected chi connectivity index (χ1v) is 5.74. The average Bonchev–Trinajstić information content (AvgIpc) is 2.43. The summed E-state index contributed by atoms with van der Waals surface area (Å²) in [5.41, 5.74) is -0.815. The third-order valence-corrected chi connectivity index (χ3v) is 2.69. The molecule has 1 amide bonds. The van der Waals surface area contributed by atoms with Crippen molar-refractivity contribution in [2.75, 3.05) is 5.32 Å². The van der Waals surface area contributed by atoms with E-state index in [1.807, 2.05) is 0 Å². The van der Waals surface area contributed by atoms with E-state index in [0.29, 0.717) is 0 Å². The van der Waals surface area contributed by atoms with Crippen molar-refractivity contribution >= 4 is 17.6 Å². The van der Waals surface area contributed by atoms with Crippen LogP contribution in [0.2, 0.25) is 0 Å². The molecule has 108 valence electrons. The molecule has 0 saturated heterocycles. The predicted molar refractivity (Wildman–Crippen MR) is 71.1 cm³/mol. The van der Waals surface area contributed by atoms with Gasteiger partial charge < -0.3 is 20.6 Å². The van der Waals surface area contributed by atoms with Gasteiger partial charge in [0, 0.05) is 0 Å². The van der Waals surface area contributed by atoms with Crippen LogP contribution in [0.3, 0.4) is 0 Å². The molecule has 0 spiro atoms. The van der Waals surface area contributed by atoms with Gasteiger partial charge in [-0.25, -0.2) is 9.18 Å². The average molecular weight is 291 g/mol. The first-order valence-electron chi connectivity index (χ1n) is 5.74. The molecular weight excluding hydrogens is 281 g/mol. The summed E-state index contributed by atoms with van der Waals surface area (Å²) in [5, 5.41) is 29.8. The molecule has 0 heterocycles.